The van der Waals surface area contributed by atoms with Gasteiger partial charge in [0, 0.05) is 11.8 Å². The lowest BCUT2D eigenvalue weighted by atomic mass is 9.63. The van der Waals surface area contributed by atoms with Crippen LogP contribution >= 0.6 is 0 Å². The zero-order valence-corrected chi connectivity index (χ0v) is 10.9. The number of hydrogen-bond donors (Lipinski definition) is 0. The average molecular weight is 268 g/mol. The van der Waals surface area contributed by atoms with E-state index in [9.17, 15) is 19.2 Å². The summed E-state index contributed by atoms with van der Waals surface area (Å²) in [4.78, 5) is 47.4. The summed E-state index contributed by atoms with van der Waals surface area (Å²) >= 11 is 0. The first-order valence-corrected chi connectivity index (χ1v) is 6.22. The molecule has 6 heteroatoms. The highest BCUT2D eigenvalue weighted by Gasteiger charge is 2.50. The minimum absolute atomic E-state index is 0.147. The van der Waals surface area contributed by atoms with Gasteiger partial charge < -0.3 is 9.47 Å². The minimum Gasteiger partial charge on any atom is -0.468 e. The van der Waals surface area contributed by atoms with E-state index in [4.69, 9.17) is 0 Å². The third-order valence-electron chi connectivity index (χ3n) is 4.07. The SMILES string of the molecule is COC(=O)[C@@H]1C[C@@H]2C[C@@H](C[C@@H](C(=O)OC)C2=O)C1=O. The summed E-state index contributed by atoms with van der Waals surface area (Å²) in [5.74, 6) is -4.20. The Balaban J connectivity index is 2.21. The molecule has 0 amide bonds. The molecule has 2 aliphatic carbocycles. The Kier molecular flexibility index (Phi) is 3.68. The first kappa shape index (κ1) is 13.7. The lowest BCUT2D eigenvalue weighted by molar-refractivity contribution is -0.160. The van der Waals surface area contributed by atoms with Crippen LogP contribution in [0.1, 0.15) is 19.3 Å². The van der Waals surface area contributed by atoms with Crippen LogP contribution in [0.15, 0.2) is 0 Å². The van der Waals surface area contributed by atoms with E-state index in [0.29, 0.717) is 6.42 Å². The molecule has 2 rings (SSSR count). The Morgan fingerprint density at radius 2 is 1.21 bits per heavy atom. The quantitative estimate of drug-likeness (QED) is 0.522. The molecule has 0 aromatic carbocycles. The third-order valence-corrected chi connectivity index (χ3v) is 4.07. The molecule has 0 N–H and O–H groups in total. The zero-order chi connectivity index (χ0) is 14.2. The Bertz CT molecular complexity index is 400. The topological polar surface area (TPSA) is 86.7 Å². The molecule has 19 heavy (non-hydrogen) atoms. The summed E-state index contributed by atoms with van der Waals surface area (Å²) in [6, 6.07) is 0. The molecule has 0 unspecified atom stereocenters. The van der Waals surface area contributed by atoms with Gasteiger partial charge in [0.25, 0.3) is 0 Å². The highest BCUT2D eigenvalue weighted by Crippen LogP contribution is 2.41. The molecule has 0 aliphatic heterocycles. The highest BCUT2D eigenvalue weighted by molar-refractivity contribution is 6.07. The zero-order valence-electron chi connectivity index (χ0n) is 10.9. The van der Waals surface area contributed by atoms with Crippen molar-refractivity contribution in [3.63, 3.8) is 0 Å². The molecule has 6 nitrogen and oxygen atoms in total. The van der Waals surface area contributed by atoms with Gasteiger partial charge >= 0.3 is 11.9 Å². The normalized spacial score (nSPS) is 33.8. The van der Waals surface area contributed by atoms with Gasteiger partial charge in [-0.3, -0.25) is 19.2 Å². The molecular weight excluding hydrogens is 252 g/mol. The summed E-state index contributed by atoms with van der Waals surface area (Å²) in [5, 5.41) is 0. The van der Waals surface area contributed by atoms with Gasteiger partial charge in [-0.15, -0.1) is 0 Å². The first-order valence-electron chi connectivity index (χ1n) is 6.22. The molecule has 0 radical (unpaired) electrons. The van der Waals surface area contributed by atoms with Crippen LogP contribution < -0.4 is 0 Å². The second-order valence-electron chi connectivity index (χ2n) is 5.06. The number of methoxy groups -OCH3 is 2. The summed E-state index contributed by atoms with van der Waals surface area (Å²) in [5.41, 5.74) is 0. The van der Waals surface area contributed by atoms with Crippen molar-refractivity contribution in [1.82, 2.24) is 0 Å². The Morgan fingerprint density at radius 1 is 0.842 bits per heavy atom. The van der Waals surface area contributed by atoms with Crippen molar-refractivity contribution in [2.75, 3.05) is 14.2 Å². The van der Waals surface area contributed by atoms with Crippen LogP contribution in [0.4, 0.5) is 0 Å². The number of ketones is 2. The Hall–Kier alpha value is -1.72. The number of rotatable bonds is 2. The maximum Gasteiger partial charge on any atom is 0.316 e. The number of carbonyl (C=O) groups is 4. The summed E-state index contributed by atoms with van der Waals surface area (Å²) in [6.07, 6.45) is 0.724. The van der Waals surface area contributed by atoms with E-state index < -0.39 is 35.6 Å². The van der Waals surface area contributed by atoms with Crippen LogP contribution in [0.2, 0.25) is 0 Å². The Morgan fingerprint density at radius 3 is 1.53 bits per heavy atom. The van der Waals surface area contributed by atoms with Crippen LogP contribution in [0, 0.1) is 23.7 Å². The van der Waals surface area contributed by atoms with Crippen molar-refractivity contribution in [1.29, 1.82) is 0 Å². The van der Waals surface area contributed by atoms with Crippen molar-refractivity contribution in [3.8, 4) is 0 Å². The molecule has 0 aromatic heterocycles. The fourth-order valence-electron chi connectivity index (χ4n) is 3.08. The van der Waals surface area contributed by atoms with Gasteiger partial charge in [-0.25, -0.2) is 0 Å². The molecule has 104 valence electrons. The van der Waals surface area contributed by atoms with E-state index in [2.05, 4.69) is 9.47 Å². The number of Topliss-reactive ketones (excluding diaryl/α,β-unsaturated/α-hetero) is 2. The molecule has 2 saturated carbocycles. The largest absolute Gasteiger partial charge is 0.468 e. The molecule has 2 bridgehead atoms. The van der Waals surface area contributed by atoms with E-state index in [1.807, 2.05) is 0 Å². The molecule has 2 fully saturated rings. The minimum atomic E-state index is -0.865. The second kappa shape index (κ2) is 5.11. The number of ether oxygens (including phenoxy) is 2. The fraction of sp³-hybridized carbons (Fsp3) is 0.692. The number of fused-ring (bicyclic) bond motifs is 2. The molecule has 4 atom stereocenters. The molecule has 0 spiro atoms. The van der Waals surface area contributed by atoms with Crippen molar-refractivity contribution < 1.29 is 28.7 Å². The standard InChI is InChI=1S/C13H16O6/c1-18-12(16)8-4-6-3-7(10(8)14)5-9(11(6)15)13(17)19-2/h6-9H,3-5H2,1-2H3/t6-,7-,8+,9+/m0/s1. The van der Waals surface area contributed by atoms with E-state index in [1.54, 1.807) is 0 Å². The van der Waals surface area contributed by atoms with Crippen molar-refractivity contribution in [2.45, 2.75) is 19.3 Å². The van der Waals surface area contributed by atoms with Gasteiger partial charge in [0.2, 0.25) is 0 Å². The van der Waals surface area contributed by atoms with Gasteiger partial charge in [-0.2, -0.15) is 0 Å². The lowest BCUT2D eigenvalue weighted by Gasteiger charge is -2.38. The molecular formula is C13H16O6. The van der Waals surface area contributed by atoms with Crippen LogP contribution in [0.5, 0.6) is 0 Å². The molecule has 0 heterocycles. The second-order valence-corrected chi connectivity index (χ2v) is 5.06. The maximum absolute atomic E-state index is 12.1. The Labute approximate surface area is 110 Å². The monoisotopic (exact) mass is 268 g/mol. The average Bonchev–Trinajstić information content (AvgIpc) is 2.43. The predicted molar refractivity (Wildman–Crippen MR) is 61.9 cm³/mol. The van der Waals surface area contributed by atoms with Crippen molar-refractivity contribution >= 4 is 23.5 Å². The van der Waals surface area contributed by atoms with Gasteiger partial charge in [0.1, 0.15) is 23.4 Å². The summed E-state index contributed by atoms with van der Waals surface area (Å²) in [6.45, 7) is 0. The summed E-state index contributed by atoms with van der Waals surface area (Å²) < 4.78 is 9.19. The number of carbonyl (C=O) groups excluding carboxylic acids is 4. The van der Waals surface area contributed by atoms with E-state index in [0.717, 1.165) is 0 Å². The predicted octanol–water partition coefficient (Wildman–Crippen LogP) is 0.133. The van der Waals surface area contributed by atoms with Crippen LogP contribution in [0.25, 0.3) is 0 Å². The summed E-state index contributed by atoms with van der Waals surface area (Å²) in [7, 11) is 2.44. The van der Waals surface area contributed by atoms with Crippen LogP contribution in [0.3, 0.4) is 0 Å². The first-order chi connectivity index (χ1) is 8.99. The smallest absolute Gasteiger partial charge is 0.316 e. The molecule has 0 saturated heterocycles. The van der Waals surface area contributed by atoms with Crippen molar-refractivity contribution in [2.24, 2.45) is 23.7 Å². The highest BCUT2D eigenvalue weighted by atomic mass is 16.5. The van der Waals surface area contributed by atoms with Gasteiger partial charge in [-0.05, 0) is 19.3 Å². The van der Waals surface area contributed by atoms with Gasteiger partial charge in [0.15, 0.2) is 0 Å². The molecule has 0 aromatic rings. The van der Waals surface area contributed by atoms with E-state index in [-0.39, 0.29) is 24.4 Å². The fourth-order valence-corrected chi connectivity index (χ4v) is 3.08. The van der Waals surface area contributed by atoms with Gasteiger partial charge in [-0.1, -0.05) is 0 Å². The lowest BCUT2D eigenvalue weighted by Crippen LogP contribution is -2.48. The van der Waals surface area contributed by atoms with Crippen LogP contribution in [-0.2, 0) is 28.7 Å². The van der Waals surface area contributed by atoms with E-state index in [1.165, 1.54) is 14.2 Å². The van der Waals surface area contributed by atoms with Crippen LogP contribution in [-0.4, -0.2) is 37.7 Å². The van der Waals surface area contributed by atoms with Crippen molar-refractivity contribution in [3.05, 3.63) is 0 Å². The maximum atomic E-state index is 12.1. The molecule has 2 aliphatic rings. The third kappa shape index (κ3) is 2.27. The number of hydrogen-bond acceptors (Lipinski definition) is 6. The number of esters is 2. The van der Waals surface area contributed by atoms with Gasteiger partial charge in [0.05, 0.1) is 14.2 Å². The van der Waals surface area contributed by atoms with E-state index >= 15 is 0 Å².